The second-order valence-electron chi connectivity index (χ2n) is 11.0. The number of aliphatic hydroxyl groups excluding tert-OH is 1. The Balaban J connectivity index is 0.00000162. The van der Waals surface area contributed by atoms with Crippen LogP contribution in [0.25, 0.3) is 0 Å². The Bertz CT molecular complexity index is 932. The van der Waals surface area contributed by atoms with E-state index in [-0.39, 0.29) is 95.5 Å². The molecule has 3 unspecified atom stereocenters. The molecule has 7 heteroatoms. The average Bonchev–Trinajstić information content (AvgIpc) is 2.96. The Kier molecular flexibility index (Phi) is 7.11. The van der Waals surface area contributed by atoms with Crippen LogP contribution in [0.3, 0.4) is 0 Å². The number of cyclic esters (lactones) is 1. The van der Waals surface area contributed by atoms with Crippen LogP contribution in [0.2, 0.25) is 0 Å². The second-order valence-corrected chi connectivity index (χ2v) is 11.0. The van der Waals surface area contributed by atoms with Gasteiger partial charge in [-0.25, -0.2) is 0 Å². The van der Waals surface area contributed by atoms with E-state index in [9.17, 15) is 24.6 Å². The van der Waals surface area contributed by atoms with Crippen molar-refractivity contribution in [2.24, 2.45) is 29.1 Å². The molecule has 5 rings (SSSR count). The normalized spacial score (nSPS) is 46.8. The molecule has 8 atom stereocenters. The molecule has 33 heavy (non-hydrogen) atoms. The standard InChI is InChI=1S/C26H34O6.K.H/c1-3-25(22(29)13-17(28)14-23(30)32-25)26(31)11-9-21-20-6-4-15-12-16(27)5-7-18(15)19(20)8-10-24(21,26)2;;/h4,6,12,17-21,28,31H,3,5,7-11,13-14H2,1-2H3;;/q;+1;-1/t17?,18?,19-,20-,21?,24-,25-,26-;;/m0../s1. The molecule has 6 nitrogen and oxygen atoms in total. The van der Waals surface area contributed by atoms with Crippen LogP contribution in [0, 0.1) is 29.1 Å². The van der Waals surface area contributed by atoms with Crippen molar-refractivity contribution in [2.45, 2.75) is 88.9 Å². The smallest absolute Gasteiger partial charge is 1.00 e. The monoisotopic (exact) mass is 482 g/mol. The minimum Gasteiger partial charge on any atom is -1.00 e. The van der Waals surface area contributed by atoms with Crippen molar-refractivity contribution in [3.8, 4) is 0 Å². The van der Waals surface area contributed by atoms with Crippen molar-refractivity contribution in [3.63, 3.8) is 0 Å². The first-order valence-corrected chi connectivity index (χ1v) is 12.2. The fourth-order valence-corrected chi connectivity index (χ4v) is 8.15. The van der Waals surface area contributed by atoms with Crippen LogP contribution in [-0.2, 0) is 19.1 Å². The average molecular weight is 483 g/mol. The molecule has 3 fully saturated rings. The largest absolute Gasteiger partial charge is 1.00 e. The number of fused-ring (bicyclic) bond motifs is 5. The minimum absolute atomic E-state index is 0. The third-order valence-electron chi connectivity index (χ3n) is 9.75. The molecule has 1 aliphatic heterocycles. The summed E-state index contributed by atoms with van der Waals surface area (Å²) >= 11 is 0. The van der Waals surface area contributed by atoms with Gasteiger partial charge in [0.2, 0.25) is 0 Å². The van der Waals surface area contributed by atoms with E-state index >= 15 is 0 Å². The maximum atomic E-state index is 13.4. The van der Waals surface area contributed by atoms with E-state index in [0.717, 1.165) is 31.3 Å². The first-order chi connectivity index (χ1) is 15.1. The van der Waals surface area contributed by atoms with E-state index in [0.29, 0.717) is 24.7 Å². The summed E-state index contributed by atoms with van der Waals surface area (Å²) in [4.78, 5) is 37.8. The summed E-state index contributed by atoms with van der Waals surface area (Å²) in [6, 6.07) is 0. The molecule has 4 aliphatic carbocycles. The Labute approximate surface area is 239 Å². The number of aliphatic hydroxyl groups is 2. The van der Waals surface area contributed by atoms with Crippen LogP contribution < -0.4 is 51.4 Å². The number of carbonyl (C=O) groups is 3. The predicted octanol–water partition coefficient (Wildman–Crippen LogP) is 0.168. The van der Waals surface area contributed by atoms with Crippen LogP contribution >= 0.6 is 0 Å². The molecule has 0 aromatic heterocycles. The van der Waals surface area contributed by atoms with Crippen molar-refractivity contribution in [2.75, 3.05) is 0 Å². The fraction of sp³-hybridized carbons (Fsp3) is 0.731. The number of esters is 1. The van der Waals surface area contributed by atoms with E-state index in [1.54, 1.807) is 13.0 Å². The number of hydrogen-bond donors (Lipinski definition) is 2. The van der Waals surface area contributed by atoms with E-state index in [2.05, 4.69) is 19.1 Å². The third-order valence-corrected chi connectivity index (χ3v) is 9.75. The number of ketones is 2. The van der Waals surface area contributed by atoms with Gasteiger partial charge in [0.05, 0.1) is 12.5 Å². The molecule has 0 spiro atoms. The molecule has 0 amide bonds. The van der Waals surface area contributed by atoms with Crippen LogP contribution in [0.1, 0.15) is 73.1 Å². The fourth-order valence-electron chi connectivity index (χ4n) is 8.15. The zero-order chi connectivity index (χ0) is 22.9. The van der Waals surface area contributed by atoms with Gasteiger partial charge in [-0.05, 0) is 73.8 Å². The Morgan fingerprint density at radius 2 is 1.91 bits per heavy atom. The molecule has 0 bridgehead atoms. The summed E-state index contributed by atoms with van der Waals surface area (Å²) in [5.41, 5.74) is -2.51. The molecular formula is C26H35KO6. The van der Waals surface area contributed by atoms with E-state index in [1.165, 1.54) is 0 Å². The van der Waals surface area contributed by atoms with Crippen LogP contribution in [0.5, 0.6) is 0 Å². The molecule has 1 heterocycles. The number of hydrogen-bond acceptors (Lipinski definition) is 6. The summed E-state index contributed by atoms with van der Waals surface area (Å²) in [5.74, 6) is 0.494. The third kappa shape index (κ3) is 3.68. The van der Waals surface area contributed by atoms with Gasteiger partial charge < -0.3 is 16.4 Å². The van der Waals surface area contributed by atoms with Gasteiger partial charge in [0.1, 0.15) is 5.60 Å². The van der Waals surface area contributed by atoms with Gasteiger partial charge >= 0.3 is 57.4 Å². The molecule has 2 N–H and O–H groups in total. The molecule has 0 aromatic rings. The van der Waals surface area contributed by atoms with E-state index in [1.807, 2.05) is 0 Å². The SMILES string of the molecule is CC[C@]1([C@]2(O)CCC3[C@H]4C=CC5=CC(=O)CCC5[C@@H]4CC[C@@]32C)OC(=O)CC(O)CC1=O.[H-].[K+]. The minimum atomic E-state index is -1.61. The summed E-state index contributed by atoms with van der Waals surface area (Å²) < 4.78 is 5.80. The quantitative estimate of drug-likeness (QED) is 0.430. The first-order valence-electron chi connectivity index (χ1n) is 12.2. The number of Topliss-reactive ketones (excluding diaryl/α,β-unsaturated/α-hetero) is 1. The van der Waals surface area contributed by atoms with Gasteiger partial charge in [-0.2, -0.15) is 0 Å². The van der Waals surface area contributed by atoms with Gasteiger partial charge in [0.15, 0.2) is 17.2 Å². The molecular weight excluding hydrogens is 447 g/mol. The molecule has 1 saturated heterocycles. The number of ether oxygens (including phenoxy) is 1. The van der Waals surface area contributed by atoms with Gasteiger partial charge in [-0.1, -0.05) is 26.0 Å². The Morgan fingerprint density at radius 1 is 1.15 bits per heavy atom. The van der Waals surface area contributed by atoms with Crippen molar-refractivity contribution in [1.82, 2.24) is 0 Å². The van der Waals surface area contributed by atoms with E-state index in [4.69, 9.17) is 4.74 Å². The van der Waals surface area contributed by atoms with Gasteiger partial charge in [-0.15, -0.1) is 0 Å². The summed E-state index contributed by atoms with van der Waals surface area (Å²) in [7, 11) is 0. The Morgan fingerprint density at radius 3 is 2.64 bits per heavy atom. The van der Waals surface area contributed by atoms with Crippen LogP contribution in [-0.4, -0.2) is 45.1 Å². The van der Waals surface area contributed by atoms with E-state index < -0.39 is 28.7 Å². The molecule has 0 radical (unpaired) electrons. The van der Waals surface area contributed by atoms with Gasteiger partial charge in [-0.3, -0.25) is 14.4 Å². The molecule has 2 saturated carbocycles. The molecule has 176 valence electrons. The molecule has 5 aliphatic rings. The van der Waals surface area contributed by atoms with Crippen molar-refractivity contribution in [3.05, 3.63) is 23.8 Å². The zero-order valence-electron chi connectivity index (χ0n) is 21.0. The maximum absolute atomic E-state index is 13.4. The van der Waals surface area contributed by atoms with Crippen molar-refractivity contribution in [1.29, 1.82) is 0 Å². The number of allylic oxidation sites excluding steroid dienone is 4. The first kappa shape index (κ1) is 25.9. The summed E-state index contributed by atoms with van der Waals surface area (Å²) in [6.45, 7) is 3.87. The predicted molar refractivity (Wildman–Crippen MR) is 117 cm³/mol. The second kappa shape index (κ2) is 9.06. The van der Waals surface area contributed by atoms with Gasteiger partial charge in [0, 0.05) is 18.3 Å². The van der Waals surface area contributed by atoms with Crippen molar-refractivity contribution >= 4 is 17.5 Å². The Hall–Kier alpha value is -0.154. The zero-order valence-corrected chi connectivity index (χ0v) is 23.1. The summed E-state index contributed by atoms with van der Waals surface area (Å²) in [5, 5.41) is 22.4. The van der Waals surface area contributed by atoms with Crippen LogP contribution in [0.4, 0.5) is 0 Å². The molecule has 0 aromatic carbocycles. The number of carbonyl (C=O) groups excluding carboxylic acids is 3. The summed E-state index contributed by atoms with van der Waals surface area (Å²) in [6.07, 6.45) is 9.20. The van der Waals surface area contributed by atoms with Gasteiger partial charge in [0.25, 0.3) is 0 Å². The van der Waals surface area contributed by atoms with Crippen molar-refractivity contribution < 1.29 is 82.1 Å². The maximum Gasteiger partial charge on any atom is 1.00 e. The topological polar surface area (TPSA) is 101 Å². The van der Waals surface area contributed by atoms with Crippen LogP contribution in [0.15, 0.2) is 23.8 Å². The number of rotatable bonds is 2.